The lowest BCUT2D eigenvalue weighted by atomic mass is 10.3. The van der Waals surface area contributed by atoms with Crippen LogP contribution in [0.25, 0.3) is 0 Å². The summed E-state index contributed by atoms with van der Waals surface area (Å²) < 4.78 is 9.96. The lowest BCUT2D eigenvalue weighted by molar-refractivity contribution is 0.0633. The molecule has 1 aliphatic heterocycles. The van der Waals surface area contributed by atoms with Gasteiger partial charge in [0.1, 0.15) is 0 Å². The third-order valence-electron chi connectivity index (χ3n) is 3.17. The molecule has 0 bridgehead atoms. The molecular weight excluding hydrogens is 262 g/mol. The van der Waals surface area contributed by atoms with E-state index in [-0.39, 0.29) is 11.9 Å². The highest BCUT2D eigenvalue weighted by atomic mass is 16.5. The van der Waals surface area contributed by atoms with E-state index in [1.165, 1.54) is 6.26 Å². The first-order valence-corrected chi connectivity index (χ1v) is 6.57. The Morgan fingerprint density at radius 1 is 1.30 bits per heavy atom. The molecule has 1 N–H and O–H groups in total. The number of ether oxygens (including phenoxy) is 1. The van der Waals surface area contributed by atoms with Gasteiger partial charge >= 0.3 is 6.03 Å². The number of nitrogens with one attached hydrogen (secondary N) is 1. The van der Waals surface area contributed by atoms with E-state index in [1.807, 2.05) is 0 Å². The van der Waals surface area contributed by atoms with Gasteiger partial charge in [-0.1, -0.05) is 0 Å². The third kappa shape index (κ3) is 3.51. The number of carbonyl (C=O) groups excluding carboxylic acids is 2. The minimum Gasteiger partial charge on any atom is -0.459 e. The van der Waals surface area contributed by atoms with Gasteiger partial charge in [0.2, 0.25) is 0 Å². The first-order chi connectivity index (χ1) is 9.72. The van der Waals surface area contributed by atoms with Gasteiger partial charge in [0.05, 0.1) is 12.9 Å². The molecule has 0 atom stereocenters. The number of amides is 3. The van der Waals surface area contributed by atoms with Crippen molar-refractivity contribution in [3.05, 3.63) is 24.2 Å². The fourth-order valence-corrected chi connectivity index (χ4v) is 2.04. The van der Waals surface area contributed by atoms with Gasteiger partial charge in [-0.25, -0.2) is 4.79 Å². The molecule has 0 saturated carbocycles. The topological polar surface area (TPSA) is 75.0 Å². The van der Waals surface area contributed by atoms with Crippen LogP contribution in [0.1, 0.15) is 10.6 Å². The Labute approximate surface area is 117 Å². The summed E-state index contributed by atoms with van der Waals surface area (Å²) in [6.07, 6.45) is 1.48. The second kappa shape index (κ2) is 6.95. The van der Waals surface area contributed by atoms with Crippen molar-refractivity contribution < 1.29 is 18.7 Å². The Morgan fingerprint density at radius 3 is 2.60 bits per heavy atom. The molecule has 7 nitrogen and oxygen atoms in total. The Kier molecular flexibility index (Phi) is 5.00. The minimum absolute atomic E-state index is 0.118. The second-order valence-electron chi connectivity index (χ2n) is 4.48. The van der Waals surface area contributed by atoms with Crippen LogP contribution in [-0.2, 0) is 4.74 Å². The summed E-state index contributed by atoms with van der Waals surface area (Å²) in [6, 6.07) is 3.21. The minimum atomic E-state index is -0.130. The van der Waals surface area contributed by atoms with Crippen molar-refractivity contribution in [3.8, 4) is 0 Å². The number of hydrogen-bond acceptors (Lipinski definition) is 4. The Balaban J connectivity index is 1.77. The fraction of sp³-hybridized carbons (Fsp3) is 0.538. The van der Waals surface area contributed by atoms with E-state index >= 15 is 0 Å². The van der Waals surface area contributed by atoms with Crippen LogP contribution in [-0.4, -0.2) is 68.2 Å². The summed E-state index contributed by atoms with van der Waals surface area (Å²) >= 11 is 0. The largest absolute Gasteiger partial charge is 0.459 e. The van der Waals surface area contributed by atoms with E-state index in [0.29, 0.717) is 45.1 Å². The summed E-state index contributed by atoms with van der Waals surface area (Å²) in [5.41, 5.74) is 0. The number of hydrogen-bond donors (Lipinski definition) is 1. The molecule has 1 fully saturated rings. The van der Waals surface area contributed by atoms with Gasteiger partial charge in [0, 0.05) is 39.8 Å². The molecule has 1 aromatic heterocycles. The van der Waals surface area contributed by atoms with Gasteiger partial charge in [0.15, 0.2) is 5.76 Å². The van der Waals surface area contributed by atoms with E-state index in [0.717, 1.165) is 0 Å². The fourth-order valence-electron chi connectivity index (χ4n) is 2.04. The molecule has 1 aliphatic rings. The highest BCUT2D eigenvalue weighted by Crippen LogP contribution is 2.09. The summed E-state index contributed by atoms with van der Waals surface area (Å²) in [6.45, 7) is 3.04. The zero-order valence-corrected chi connectivity index (χ0v) is 11.5. The highest BCUT2D eigenvalue weighted by Gasteiger charge is 2.25. The molecule has 0 spiro atoms. The van der Waals surface area contributed by atoms with Crippen LogP contribution >= 0.6 is 0 Å². The number of piperazine rings is 1. The monoisotopic (exact) mass is 281 g/mol. The molecule has 2 rings (SSSR count). The second-order valence-corrected chi connectivity index (χ2v) is 4.48. The van der Waals surface area contributed by atoms with Crippen LogP contribution in [0.3, 0.4) is 0 Å². The molecule has 3 amide bonds. The lowest BCUT2D eigenvalue weighted by Crippen LogP contribution is -2.53. The molecule has 1 saturated heterocycles. The van der Waals surface area contributed by atoms with E-state index < -0.39 is 0 Å². The van der Waals surface area contributed by atoms with E-state index in [1.54, 1.807) is 29.0 Å². The average molecular weight is 281 g/mol. The molecule has 0 radical (unpaired) electrons. The van der Waals surface area contributed by atoms with Gasteiger partial charge < -0.3 is 24.3 Å². The lowest BCUT2D eigenvalue weighted by Gasteiger charge is -2.34. The Hall–Kier alpha value is -2.02. The van der Waals surface area contributed by atoms with Crippen molar-refractivity contribution in [1.82, 2.24) is 15.1 Å². The number of urea groups is 1. The van der Waals surface area contributed by atoms with E-state index in [4.69, 9.17) is 9.15 Å². The maximum atomic E-state index is 12.0. The predicted octanol–water partition coefficient (Wildman–Crippen LogP) is 0.393. The standard InChI is InChI=1S/C13H19N3O4/c1-19-10-4-14-13(18)16-7-5-15(6-8-16)12(17)11-3-2-9-20-11/h2-3,9H,4-8,10H2,1H3,(H,14,18). The first-order valence-electron chi connectivity index (χ1n) is 6.57. The number of nitrogens with zero attached hydrogens (tertiary/aromatic N) is 2. The van der Waals surface area contributed by atoms with Crippen molar-refractivity contribution in [1.29, 1.82) is 0 Å². The molecule has 110 valence electrons. The predicted molar refractivity (Wildman–Crippen MR) is 71.5 cm³/mol. The van der Waals surface area contributed by atoms with Crippen molar-refractivity contribution in [3.63, 3.8) is 0 Å². The van der Waals surface area contributed by atoms with Gasteiger partial charge in [0.25, 0.3) is 5.91 Å². The third-order valence-corrected chi connectivity index (χ3v) is 3.17. The van der Waals surface area contributed by atoms with E-state index in [2.05, 4.69) is 5.32 Å². The summed E-state index contributed by atoms with van der Waals surface area (Å²) in [4.78, 5) is 27.2. The summed E-state index contributed by atoms with van der Waals surface area (Å²) in [5, 5.41) is 2.76. The van der Waals surface area contributed by atoms with Gasteiger partial charge in [-0.3, -0.25) is 4.79 Å². The molecule has 0 aromatic carbocycles. The maximum absolute atomic E-state index is 12.0. The average Bonchev–Trinajstić information content (AvgIpc) is 3.01. The molecule has 0 unspecified atom stereocenters. The zero-order chi connectivity index (χ0) is 14.4. The normalized spacial score (nSPS) is 15.2. The van der Waals surface area contributed by atoms with Crippen molar-refractivity contribution in [2.24, 2.45) is 0 Å². The van der Waals surface area contributed by atoms with Crippen LogP contribution in [0.4, 0.5) is 4.79 Å². The van der Waals surface area contributed by atoms with Crippen molar-refractivity contribution in [2.75, 3.05) is 46.4 Å². The number of carbonyl (C=O) groups is 2. The smallest absolute Gasteiger partial charge is 0.317 e. The van der Waals surface area contributed by atoms with E-state index in [9.17, 15) is 9.59 Å². The van der Waals surface area contributed by atoms with Crippen LogP contribution in [0.15, 0.2) is 22.8 Å². The molecular formula is C13H19N3O4. The number of methoxy groups -OCH3 is 1. The van der Waals surface area contributed by atoms with Gasteiger partial charge in [-0.15, -0.1) is 0 Å². The van der Waals surface area contributed by atoms with Crippen molar-refractivity contribution in [2.45, 2.75) is 0 Å². The van der Waals surface area contributed by atoms with Gasteiger partial charge in [-0.2, -0.15) is 0 Å². The number of rotatable bonds is 4. The van der Waals surface area contributed by atoms with Crippen LogP contribution in [0.2, 0.25) is 0 Å². The summed E-state index contributed by atoms with van der Waals surface area (Å²) in [7, 11) is 1.59. The summed E-state index contributed by atoms with van der Waals surface area (Å²) in [5.74, 6) is 0.206. The zero-order valence-electron chi connectivity index (χ0n) is 11.5. The highest BCUT2D eigenvalue weighted by molar-refractivity contribution is 5.91. The van der Waals surface area contributed by atoms with Crippen LogP contribution < -0.4 is 5.32 Å². The molecule has 2 heterocycles. The molecule has 1 aromatic rings. The first kappa shape index (κ1) is 14.4. The molecule has 0 aliphatic carbocycles. The van der Waals surface area contributed by atoms with Crippen LogP contribution in [0.5, 0.6) is 0 Å². The SMILES string of the molecule is COCCNC(=O)N1CCN(C(=O)c2ccco2)CC1. The molecule has 7 heteroatoms. The van der Waals surface area contributed by atoms with Crippen molar-refractivity contribution >= 4 is 11.9 Å². The quantitative estimate of drug-likeness (QED) is 0.810. The number of furan rings is 1. The maximum Gasteiger partial charge on any atom is 0.317 e. The van der Waals surface area contributed by atoms with Crippen LogP contribution in [0, 0.1) is 0 Å². The molecule has 20 heavy (non-hydrogen) atoms. The van der Waals surface area contributed by atoms with Gasteiger partial charge in [-0.05, 0) is 12.1 Å². The Morgan fingerprint density at radius 2 is 2.00 bits per heavy atom. The Bertz CT molecular complexity index is 438.